The van der Waals surface area contributed by atoms with Crippen LogP contribution in [0, 0.1) is 0 Å². The van der Waals surface area contributed by atoms with E-state index in [9.17, 15) is 9.59 Å². The molecule has 104 valence electrons. The molecule has 4 heteroatoms. The number of carbonyl (C=O) groups is 2. The summed E-state index contributed by atoms with van der Waals surface area (Å²) in [6.45, 7) is 6.05. The Labute approximate surface area is 113 Å². The van der Waals surface area contributed by atoms with E-state index in [0.29, 0.717) is 11.7 Å². The van der Waals surface area contributed by atoms with Crippen LogP contribution in [0.15, 0.2) is 24.3 Å². The number of esters is 1. The number of rotatable bonds is 7. The van der Waals surface area contributed by atoms with Gasteiger partial charge >= 0.3 is 5.97 Å². The molecule has 0 saturated carbocycles. The Bertz CT molecular complexity index is 438. The fourth-order valence-electron chi connectivity index (χ4n) is 1.55. The monoisotopic (exact) mass is 264 g/mol. The maximum absolute atomic E-state index is 11.5. The second kappa shape index (κ2) is 7.56. The van der Waals surface area contributed by atoms with Crippen molar-refractivity contribution in [1.29, 1.82) is 0 Å². The van der Waals surface area contributed by atoms with Gasteiger partial charge in [-0.2, -0.15) is 0 Å². The van der Waals surface area contributed by atoms with Gasteiger partial charge in [-0.1, -0.05) is 26.0 Å². The van der Waals surface area contributed by atoms with Gasteiger partial charge in [0.2, 0.25) is 0 Å². The van der Waals surface area contributed by atoms with E-state index in [4.69, 9.17) is 9.47 Å². The minimum Gasteiger partial charge on any atom is -0.486 e. The van der Waals surface area contributed by atoms with Gasteiger partial charge in [0.1, 0.15) is 18.8 Å². The van der Waals surface area contributed by atoms with Gasteiger partial charge in [-0.3, -0.25) is 9.59 Å². The molecule has 0 amide bonds. The van der Waals surface area contributed by atoms with Crippen molar-refractivity contribution < 1.29 is 19.1 Å². The number of Topliss-reactive ketones (excluding diaryl/α,β-unsaturated/α-hetero) is 1. The molecule has 0 bridgehead atoms. The van der Waals surface area contributed by atoms with Gasteiger partial charge in [0.05, 0.1) is 6.61 Å². The van der Waals surface area contributed by atoms with Gasteiger partial charge in [0, 0.05) is 0 Å². The molecule has 0 aliphatic carbocycles. The standard InChI is InChI=1S/C15H20O4/c1-4-18-15(17)9-13(16)10-19-14-7-5-6-12(8-14)11(2)3/h5-8,11H,4,9-10H2,1-3H3. The summed E-state index contributed by atoms with van der Waals surface area (Å²) < 4.78 is 10.1. The van der Waals surface area contributed by atoms with E-state index in [1.54, 1.807) is 13.0 Å². The third kappa shape index (κ3) is 5.55. The molecular formula is C15H20O4. The molecule has 0 radical (unpaired) electrons. The van der Waals surface area contributed by atoms with Gasteiger partial charge in [-0.15, -0.1) is 0 Å². The predicted octanol–water partition coefficient (Wildman–Crippen LogP) is 2.71. The zero-order chi connectivity index (χ0) is 14.3. The topological polar surface area (TPSA) is 52.6 Å². The van der Waals surface area contributed by atoms with E-state index >= 15 is 0 Å². The first-order chi connectivity index (χ1) is 9.02. The Morgan fingerprint density at radius 2 is 2.00 bits per heavy atom. The average molecular weight is 264 g/mol. The van der Waals surface area contributed by atoms with Gasteiger partial charge in [0.15, 0.2) is 5.78 Å². The van der Waals surface area contributed by atoms with Gasteiger partial charge < -0.3 is 9.47 Å². The molecule has 4 nitrogen and oxygen atoms in total. The molecule has 0 aliphatic heterocycles. The van der Waals surface area contributed by atoms with Crippen LogP contribution in [-0.2, 0) is 14.3 Å². The van der Waals surface area contributed by atoms with Crippen molar-refractivity contribution in [2.24, 2.45) is 0 Å². The number of carbonyl (C=O) groups excluding carboxylic acids is 2. The number of ether oxygens (including phenoxy) is 2. The number of benzene rings is 1. The average Bonchev–Trinajstić information content (AvgIpc) is 2.37. The van der Waals surface area contributed by atoms with E-state index in [1.165, 1.54) is 0 Å². The molecule has 0 aliphatic rings. The van der Waals surface area contributed by atoms with Crippen LogP contribution in [0.4, 0.5) is 0 Å². The first-order valence-corrected chi connectivity index (χ1v) is 6.43. The number of hydrogen-bond donors (Lipinski definition) is 0. The highest BCUT2D eigenvalue weighted by atomic mass is 16.5. The molecule has 0 aromatic heterocycles. The fourth-order valence-corrected chi connectivity index (χ4v) is 1.55. The van der Waals surface area contributed by atoms with Crippen molar-refractivity contribution in [3.05, 3.63) is 29.8 Å². The highest BCUT2D eigenvalue weighted by Crippen LogP contribution is 2.20. The summed E-state index contributed by atoms with van der Waals surface area (Å²) in [7, 11) is 0. The van der Waals surface area contributed by atoms with Crippen LogP contribution in [0.3, 0.4) is 0 Å². The summed E-state index contributed by atoms with van der Waals surface area (Å²) in [4.78, 5) is 22.6. The summed E-state index contributed by atoms with van der Waals surface area (Å²) in [5.41, 5.74) is 1.15. The molecule has 0 unspecified atom stereocenters. The van der Waals surface area contributed by atoms with Crippen molar-refractivity contribution in [2.75, 3.05) is 13.2 Å². The molecule has 0 heterocycles. The van der Waals surface area contributed by atoms with Gasteiger partial charge in [0.25, 0.3) is 0 Å². The maximum atomic E-state index is 11.5. The Morgan fingerprint density at radius 3 is 2.63 bits per heavy atom. The summed E-state index contributed by atoms with van der Waals surface area (Å²) in [5, 5.41) is 0. The zero-order valence-corrected chi connectivity index (χ0v) is 11.6. The highest BCUT2D eigenvalue weighted by molar-refractivity contribution is 5.96. The lowest BCUT2D eigenvalue weighted by atomic mass is 10.0. The second-order valence-electron chi connectivity index (χ2n) is 4.54. The summed E-state index contributed by atoms with van der Waals surface area (Å²) in [5.74, 6) is 0.252. The van der Waals surface area contributed by atoms with E-state index in [-0.39, 0.29) is 25.4 Å². The molecule has 0 spiro atoms. The Morgan fingerprint density at radius 1 is 1.26 bits per heavy atom. The molecule has 0 N–H and O–H groups in total. The lowest BCUT2D eigenvalue weighted by molar-refractivity contribution is -0.145. The maximum Gasteiger partial charge on any atom is 0.313 e. The highest BCUT2D eigenvalue weighted by Gasteiger charge is 2.11. The van der Waals surface area contributed by atoms with Crippen molar-refractivity contribution in [3.63, 3.8) is 0 Å². The van der Waals surface area contributed by atoms with Crippen molar-refractivity contribution >= 4 is 11.8 Å². The molecule has 0 atom stereocenters. The first-order valence-electron chi connectivity index (χ1n) is 6.43. The van der Waals surface area contributed by atoms with Crippen LogP contribution in [0.1, 0.15) is 38.7 Å². The molecule has 1 aromatic rings. The van der Waals surface area contributed by atoms with Crippen LogP contribution in [0.25, 0.3) is 0 Å². The van der Waals surface area contributed by atoms with Crippen molar-refractivity contribution in [2.45, 2.75) is 33.1 Å². The third-order valence-corrected chi connectivity index (χ3v) is 2.57. The predicted molar refractivity (Wildman–Crippen MR) is 72.3 cm³/mol. The first kappa shape index (κ1) is 15.2. The summed E-state index contributed by atoms with van der Waals surface area (Å²) >= 11 is 0. The number of ketones is 1. The lowest BCUT2D eigenvalue weighted by Crippen LogP contribution is -2.17. The van der Waals surface area contributed by atoms with Crippen molar-refractivity contribution in [1.82, 2.24) is 0 Å². The van der Waals surface area contributed by atoms with Crippen LogP contribution < -0.4 is 4.74 Å². The minimum absolute atomic E-state index is 0.111. The van der Waals surface area contributed by atoms with Gasteiger partial charge in [-0.05, 0) is 30.5 Å². The van der Waals surface area contributed by atoms with Crippen LogP contribution in [-0.4, -0.2) is 25.0 Å². The Hall–Kier alpha value is -1.84. The minimum atomic E-state index is -0.507. The van der Waals surface area contributed by atoms with E-state index < -0.39 is 5.97 Å². The number of hydrogen-bond acceptors (Lipinski definition) is 4. The smallest absolute Gasteiger partial charge is 0.313 e. The van der Waals surface area contributed by atoms with Crippen LogP contribution in [0.5, 0.6) is 5.75 Å². The van der Waals surface area contributed by atoms with Crippen molar-refractivity contribution in [3.8, 4) is 5.75 Å². The van der Waals surface area contributed by atoms with Crippen LogP contribution in [0.2, 0.25) is 0 Å². The molecule has 0 fully saturated rings. The molecular weight excluding hydrogens is 244 g/mol. The SMILES string of the molecule is CCOC(=O)CC(=O)COc1cccc(C(C)C)c1. The summed E-state index contributed by atoms with van der Waals surface area (Å²) in [6.07, 6.45) is -0.238. The largest absolute Gasteiger partial charge is 0.486 e. The normalized spacial score (nSPS) is 10.3. The summed E-state index contributed by atoms with van der Waals surface area (Å²) in [6, 6.07) is 7.60. The second-order valence-corrected chi connectivity index (χ2v) is 4.54. The molecule has 19 heavy (non-hydrogen) atoms. The fraction of sp³-hybridized carbons (Fsp3) is 0.467. The zero-order valence-electron chi connectivity index (χ0n) is 11.6. The molecule has 0 saturated heterocycles. The third-order valence-electron chi connectivity index (χ3n) is 2.57. The Kier molecular flexibility index (Phi) is 6.06. The van der Waals surface area contributed by atoms with E-state index in [1.807, 2.05) is 18.2 Å². The lowest BCUT2D eigenvalue weighted by Gasteiger charge is -2.09. The Balaban J connectivity index is 2.46. The van der Waals surface area contributed by atoms with E-state index in [2.05, 4.69) is 13.8 Å². The van der Waals surface area contributed by atoms with Gasteiger partial charge in [-0.25, -0.2) is 0 Å². The van der Waals surface area contributed by atoms with Crippen LogP contribution >= 0.6 is 0 Å². The molecule has 1 rings (SSSR count). The molecule has 1 aromatic carbocycles. The van der Waals surface area contributed by atoms with E-state index in [0.717, 1.165) is 5.56 Å². The quantitative estimate of drug-likeness (QED) is 0.561.